The maximum Gasteiger partial charge on any atom is 0.224 e. The number of benzene rings is 1. The summed E-state index contributed by atoms with van der Waals surface area (Å²) in [7, 11) is 0. The molecule has 18 heavy (non-hydrogen) atoms. The lowest BCUT2D eigenvalue weighted by Gasteiger charge is -2.18. The first-order valence-electron chi connectivity index (χ1n) is 6.29. The molecule has 1 atom stereocenters. The van der Waals surface area contributed by atoms with E-state index in [1.807, 2.05) is 12.1 Å². The minimum absolute atomic E-state index is 0.0119. The summed E-state index contributed by atoms with van der Waals surface area (Å²) >= 11 is 5.97. The van der Waals surface area contributed by atoms with Crippen molar-refractivity contribution in [2.45, 2.75) is 26.7 Å². The molecule has 1 unspecified atom stereocenters. The smallest absolute Gasteiger partial charge is 0.224 e. The molecule has 0 aliphatic carbocycles. The Morgan fingerprint density at radius 3 is 2.61 bits per heavy atom. The van der Waals surface area contributed by atoms with Crippen LogP contribution in [0.5, 0.6) is 0 Å². The monoisotopic (exact) mass is 268 g/mol. The summed E-state index contributed by atoms with van der Waals surface area (Å²) in [6.07, 6.45) is 1.29. The van der Waals surface area contributed by atoms with E-state index in [0.29, 0.717) is 35.5 Å². The molecule has 0 bridgehead atoms. The Kier molecular flexibility index (Phi) is 6.16. The molecule has 1 amide bonds. The number of para-hydroxylation sites is 1. The lowest BCUT2D eigenvalue weighted by atomic mass is 9.91. The number of nitrogens with two attached hydrogens (primary N) is 1. The summed E-state index contributed by atoms with van der Waals surface area (Å²) in [5, 5.41) is 3.38. The zero-order valence-corrected chi connectivity index (χ0v) is 11.7. The van der Waals surface area contributed by atoms with Crippen LogP contribution in [0.2, 0.25) is 5.02 Å². The van der Waals surface area contributed by atoms with Gasteiger partial charge in [0.15, 0.2) is 0 Å². The van der Waals surface area contributed by atoms with Gasteiger partial charge in [0.2, 0.25) is 5.91 Å². The molecule has 0 saturated carbocycles. The van der Waals surface area contributed by atoms with Gasteiger partial charge in [0.1, 0.15) is 0 Å². The molecule has 1 rings (SSSR count). The van der Waals surface area contributed by atoms with Crippen LogP contribution in [0.1, 0.15) is 26.7 Å². The largest absolute Gasteiger partial charge is 0.330 e. The van der Waals surface area contributed by atoms with Gasteiger partial charge in [-0.25, -0.2) is 0 Å². The molecule has 4 heteroatoms. The van der Waals surface area contributed by atoms with E-state index < -0.39 is 0 Å². The van der Waals surface area contributed by atoms with E-state index in [-0.39, 0.29) is 5.91 Å². The molecule has 0 saturated heterocycles. The van der Waals surface area contributed by atoms with E-state index in [9.17, 15) is 4.79 Å². The molecular formula is C14H21ClN2O. The number of halogens is 1. The fraction of sp³-hybridized carbons (Fsp3) is 0.500. The van der Waals surface area contributed by atoms with Gasteiger partial charge in [-0.1, -0.05) is 37.6 Å². The van der Waals surface area contributed by atoms with Gasteiger partial charge in [0.25, 0.3) is 0 Å². The van der Waals surface area contributed by atoms with Crippen LogP contribution in [-0.4, -0.2) is 12.5 Å². The molecule has 1 aromatic carbocycles. The van der Waals surface area contributed by atoms with Crippen LogP contribution in [0.4, 0.5) is 5.69 Å². The summed E-state index contributed by atoms with van der Waals surface area (Å²) in [4.78, 5) is 11.8. The van der Waals surface area contributed by atoms with E-state index in [1.165, 1.54) is 0 Å². The zero-order valence-electron chi connectivity index (χ0n) is 10.9. The van der Waals surface area contributed by atoms with Gasteiger partial charge in [-0.05, 0) is 36.9 Å². The van der Waals surface area contributed by atoms with Crippen LogP contribution in [0.3, 0.4) is 0 Å². The maximum atomic E-state index is 11.8. The fourth-order valence-corrected chi connectivity index (χ4v) is 2.00. The van der Waals surface area contributed by atoms with Gasteiger partial charge in [-0.2, -0.15) is 0 Å². The Hall–Kier alpha value is -1.06. The zero-order chi connectivity index (χ0) is 13.5. The Morgan fingerprint density at radius 2 is 2.06 bits per heavy atom. The van der Waals surface area contributed by atoms with Crippen LogP contribution >= 0.6 is 11.6 Å². The third-order valence-electron chi connectivity index (χ3n) is 3.14. The predicted octanol–water partition coefficient (Wildman–Crippen LogP) is 3.29. The highest BCUT2D eigenvalue weighted by atomic mass is 35.5. The van der Waals surface area contributed by atoms with Crippen LogP contribution in [0, 0.1) is 11.8 Å². The lowest BCUT2D eigenvalue weighted by Crippen LogP contribution is -2.22. The summed E-state index contributed by atoms with van der Waals surface area (Å²) in [5.41, 5.74) is 6.35. The maximum absolute atomic E-state index is 11.8. The Labute approximate surface area is 114 Å². The minimum atomic E-state index is -0.0119. The van der Waals surface area contributed by atoms with Gasteiger partial charge in [0.05, 0.1) is 10.7 Å². The number of amides is 1. The second kappa shape index (κ2) is 7.39. The summed E-state index contributed by atoms with van der Waals surface area (Å²) in [6, 6.07) is 7.23. The molecule has 3 N–H and O–H groups in total. The van der Waals surface area contributed by atoms with Crippen molar-refractivity contribution >= 4 is 23.2 Å². The number of hydrogen-bond donors (Lipinski definition) is 2. The van der Waals surface area contributed by atoms with Crippen LogP contribution in [0.15, 0.2) is 24.3 Å². The van der Waals surface area contributed by atoms with Gasteiger partial charge in [-0.3, -0.25) is 4.79 Å². The van der Waals surface area contributed by atoms with E-state index >= 15 is 0 Å². The highest BCUT2D eigenvalue weighted by Crippen LogP contribution is 2.21. The van der Waals surface area contributed by atoms with Crippen molar-refractivity contribution in [3.05, 3.63) is 29.3 Å². The van der Waals surface area contributed by atoms with Crippen molar-refractivity contribution in [3.63, 3.8) is 0 Å². The van der Waals surface area contributed by atoms with Crippen molar-refractivity contribution in [1.29, 1.82) is 0 Å². The van der Waals surface area contributed by atoms with Crippen molar-refractivity contribution in [2.24, 2.45) is 17.6 Å². The van der Waals surface area contributed by atoms with Crippen LogP contribution in [-0.2, 0) is 4.79 Å². The number of anilines is 1. The molecule has 0 fully saturated rings. The van der Waals surface area contributed by atoms with E-state index in [1.54, 1.807) is 12.1 Å². The molecule has 100 valence electrons. The number of rotatable bonds is 6. The molecule has 0 aliphatic heterocycles. The van der Waals surface area contributed by atoms with Crippen molar-refractivity contribution in [1.82, 2.24) is 0 Å². The third-order valence-corrected chi connectivity index (χ3v) is 3.47. The first-order chi connectivity index (χ1) is 8.54. The SMILES string of the molecule is CC(C)C(CN)CCC(=O)Nc1ccccc1Cl. The molecule has 1 aromatic rings. The molecule has 0 aromatic heterocycles. The second-order valence-electron chi connectivity index (χ2n) is 4.81. The van der Waals surface area contributed by atoms with E-state index in [2.05, 4.69) is 19.2 Å². The molecule has 3 nitrogen and oxygen atoms in total. The number of carbonyl (C=O) groups is 1. The van der Waals surface area contributed by atoms with Crippen LogP contribution < -0.4 is 11.1 Å². The van der Waals surface area contributed by atoms with Gasteiger partial charge >= 0.3 is 0 Å². The predicted molar refractivity (Wildman–Crippen MR) is 76.7 cm³/mol. The molecule has 0 spiro atoms. The summed E-state index contributed by atoms with van der Waals surface area (Å²) < 4.78 is 0. The van der Waals surface area contributed by atoms with Crippen molar-refractivity contribution < 1.29 is 4.79 Å². The average molecular weight is 269 g/mol. The topological polar surface area (TPSA) is 55.1 Å². The summed E-state index contributed by atoms with van der Waals surface area (Å²) in [5.74, 6) is 0.882. The molecule has 0 heterocycles. The second-order valence-corrected chi connectivity index (χ2v) is 5.21. The molecule has 0 radical (unpaired) electrons. The fourth-order valence-electron chi connectivity index (χ4n) is 1.82. The highest BCUT2D eigenvalue weighted by molar-refractivity contribution is 6.33. The third kappa shape index (κ3) is 4.67. The first kappa shape index (κ1) is 15.0. The Bertz CT molecular complexity index is 393. The lowest BCUT2D eigenvalue weighted by molar-refractivity contribution is -0.116. The standard InChI is InChI=1S/C14H21ClN2O/c1-10(2)11(9-16)7-8-14(18)17-13-6-4-3-5-12(13)15/h3-6,10-11H,7-9,16H2,1-2H3,(H,17,18). The molecule has 0 aliphatic rings. The van der Waals surface area contributed by atoms with E-state index in [0.717, 1.165) is 6.42 Å². The van der Waals surface area contributed by atoms with Crippen molar-refractivity contribution in [3.8, 4) is 0 Å². The van der Waals surface area contributed by atoms with Gasteiger partial charge in [0, 0.05) is 6.42 Å². The minimum Gasteiger partial charge on any atom is -0.330 e. The van der Waals surface area contributed by atoms with Crippen LogP contribution in [0.25, 0.3) is 0 Å². The normalized spacial score (nSPS) is 12.5. The Balaban J connectivity index is 2.45. The van der Waals surface area contributed by atoms with E-state index in [4.69, 9.17) is 17.3 Å². The van der Waals surface area contributed by atoms with Gasteiger partial charge < -0.3 is 11.1 Å². The van der Waals surface area contributed by atoms with Gasteiger partial charge in [-0.15, -0.1) is 0 Å². The Morgan fingerprint density at radius 1 is 1.39 bits per heavy atom. The summed E-state index contributed by atoms with van der Waals surface area (Å²) in [6.45, 7) is 4.88. The molecular weight excluding hydrogens is 248 g/mol. The average Bonchev–Trinajstić information content (AvgIpc) is 2.32. The number of hydrogen-bond acceptors (Lipinski definition) is 2. The highest BCUT2D eigenvalue weighted by Gasteiger charge is 2.13. The number of nitrogens with one attached hydrogen (secondary N) is 1. The number of carbonyl (C=O) groups excluding carboxylic acids is 1. The first-order valence-corrected chi connectivity index (χ1v) is 6.66. The van der Waals surface area contributed by atoms with Crippen molar-refractivity contribution in [2.75, 3.05) is 11.9 Å². The quantitative estimate of drug-likeness (QED) is 0.832.